The van der Waals surface area contributed by atoms with E-state index in [2.05, 4.69) is 10.2 Å². The van der Waals surface area contributed by atoms with Gasteiger partial charge in [0, 0.05) is 66.9 Å². The van der Waals surface area contributed by atoms with Crippen LogP contribution in [0.5, 0.6) is 0 Å². The fourth-order valence-corrected chi connectivity index (χ4v) is 4.75. The molecule has 190 valence electrons. The Balaban J connectivity index is 1.40. The summed E-state index contributed by atoms with van der Waals surface area (Å²) in [6, 6.07) is 5.21. The van der Waals surface area contributed by atoms with Gasteiger partial charge in [0.05, 0.1) is 16.3 Å². The van der Waals surface area contributed by atoms with Crippen molar-refractivity contribution < 1.29 is 33.1 Å². The Bertz CT molecular complexity index is 1500. The lowest BCUT2D eigenvalue weighted by molar-refractivity contribution is -0.136. The number of rotatable bonds is 6. The standard InChI is InChI=1S/C27H31FN4O4/c1-16-12-31(13-17(2)36-16)14-18-6-7-19(22(28)10-18)11-29-23-5-3-4-20-21(23)15-32(27(20)35)24-8-9-25(33)30-26(24)34/h3-7,10,16-17,24,29H,8-9,11-15H2,1-2H3,(H,30,33,34)/i8D2,9D2,11D2,24D. The number of hydrogen-bond acceptors (Lipinski definition) is 6. The first-order valence-corrected chi connectivity index (χ1v) is 11.6. The lowest BCUT2D eigenvalue weighted by Gasteiger charge is -2.35. The lowest BCUT2D eigenvalue weighted by Crippen LogP contribution is -2.52. The number of morpholine rings is 1. The predicted octanol–water partition coefficient (Wildman–Crippen LogP) is 2.81. The van der Waals surface area contributed by atoms with Gasteiger partial charge in [0.2, 0.25) is 11.8 Å². The zero-order valence-corrected chi connectivity index (χ0v) is 19.9. The minimum absolute atomic E-state index is 0.0255. The summed E-state index contributed by atoms with van der Waals surface area (Å²) in [7, 11) is 0. The van der Waals surface area contributed by atoms with Crippen molar-refractivity contribution in [3.8, 4) is 0 Å². The largest absolute Gasteiger partial charge is 0.381 e. The van der Waals surface area contributed by atoms with Crippen LogP contribution in [0.15, 0.2) is 36.4 Å². The molecule has 2 N–H and O–H groups in total. The summed E-state index contributed by atoms with van der Waals surface area (Å²) in [4.78, 5) is 40.8. The summed E-state index contributed by atoms with van der Waals surface area (Å²) in [6.45, 7) is 2.66. The number of benzene rings is 2. The number of amides is 3. The number of halogens is 1. The number of hydrogen-bond donors (Lipinski definition) is 2. The van der Waals surface area contributed by atoms with Gasteiger partial charge < -0.3 is 15.0 Å². The number of nitrogens with one attached hydrogen (secondary N) is 2. The van der Waals surface area contributed by atoms with Crippen LogP contribution in [0.4, 0.5) is 10.1 Å². The minimum Gasteiger partial charge on any atom is -0.381 e. The van der Waals surface area contributed by atoms with E-state index in [-0.39, 0.29) is 34.6 Å². The van der Waals surface area contributed by atoms with Gasteiger partial charge in [0.1, 0.15) is 11.8 Å². The molecule has 0 bridgehead atoms. The Morgan fingerprint density at radius 2 is 2.00 bits per heavy atom. The van der Waals surface area contributed by atoms with Crippen LogP contribution in [0.3, 0.4) is 0 Å². The molecule has 0 spiro atoms. The predicted molar refractivity (Wildman–Crippen MR) is 131 cm³/mol. The third-order valence-electron chi connectivity index (χ3n) is 6.24. The Morgan fingerprint density at radius 1 is 1.22 bits per heavy atom. The Morgan fingerprint density at radius 3 is 2.75 bits per heavy atom. The van der Waals surface area contributed by atoms with Crippen LogP contribution in [-0.2, 0) is 33.9 Å². The van der Waals surface area contributed by atoms with Crippen molar-refractivity contribution in [2.45, 2.75) is 64.4 Å². The highest BCUT2D eigenvalue weighted by atomic mass is 19.1. The normalized spacial score (nSPS) is 32.7. The van der Waals surface area contributed by atoms with Crippen molar-refractivity contribution in [2.75, 3.05) is 18.4 Å². The van der Waals surface area contributed by atoms with Gasteiger partial charge in [-0.2, -0.15) is 0 Å². The van der Waals surface area contributed by atoms with Crippen molar-refractivity contribution in [1.29, 1.82) is 0 Å². The van der Waals surface area contributed by atoms with Crippen molar-refractivity contribution >= 4 is 23.4 Å². The molecule has 8 nitrogen and oxygen atoms in total. The topological polar surface area (TPSA) is 91.0 Å². The number of imide groups is 1. The maximum atomic E-state index is 15.3. The van der Waals surface area contributed by atoms with E-state index in [4.69, 9.17) is 14.3 Å². The second-order valence-electron chi connectivity index (χ2n) is 9.12. The average Bonchev–Trinajstić information content (AvgIpc) is 3.24. The van der Waals surface area contributed by atoms with Crippen molar-refractivity contribution in [3.05, 3.63) is 64.5 Å². The molecule has 0 aromatic heterocycles. The number of ether oxygens (including phenoxy) is 1. The van der Waals surface area contributed by atoms with Crippen molar-refractivity contribution in [1.82, 2.24) is 15.1 Å². The van der Waals surface area contributed by atoms with E-state index < -0.39 is 55.3 Å². The summed E-state index contributed by atoms with van der Waals surface area (Å²) in [5.74, 6) is -4.85. The van der Waals surface area contributed by atoms with E-state index in [1.807, 2.05) is 13.8 Å². The number of nitrogens with zero attached hydrogens (tertiary/aromatic N) is 2. The third kappa shape index (κ3) is 4.99. The molecule has 2 aromatic rings. The number of fused-ring (bicyclic) bond motifs is 1. The first-order valence-electron chi connectivity index (χ1n) is 15.1. The molecule has 9 heteroatoms. The molecule has 2 aromatic carbocycles. The van der Waals surface area contributed by atoms with Crippen LogP contribution in [0.2, 0.25) is 0 Å². The van der Waals surface area contributed by atoms with Crippen LogP contribution in [0.1, 0.15) is 63.2 Å². The van der Waals surface area contributed by atoms with E-state index in [0.29, 0.717) is 30.1 Å². The number of carbonyl (C=O) groups excluding carboxylic acids is 3. The highest BCUT2D eigenvalue weighted by Crippen LogP contribution is 2.32. The molecule has 0 saturated carbocycles. The van der Waals surface area contributed by atoms with Crippen LogP contribution >= 0.6 is 0 Å². The SMILES string of the molecule is [2H]C([2H])(Nc1cccc2c1CN(C1([2H])C(=O)NC(=O)C([2H])([2H])C1([2H])[2H])C2=O)c1ccc(CN2CC(C)OC(C)C2)cc1F. The molecule has 0 radical (unpaired) electrons. The van der Waals surface area contributed by atoms with Gasteiger partial charge in [-0.1, -0.05) is 18.2 Å². The fourth-order valence-electron chi connectivity index (χ4n) is 4.75. The van der Waals surface area contributed by atoms with Crippen molar-refractivity contribution in [2.24, 2.45) is 0 Å². The zero-order valence-electron chi connectivity index (χ0n) is 26.9. The molecule has 3 aliphatic rings. The second kappa shape index (κ2) is 9.99. The molecule has 36 heavy (non-hydrogen) atoms. The van der Waals surface area contributed by atoms with E-state index in [1.165, 1.54) is 30.3 Å². The van der Waals surface area contributed by atoms with Gasteiger partial charge in [0.15, 0.2) is 0 Å². The summed E-state index contributed by atoms with van der Waals surface area (Å²) in [5.41, 5.74) is 0.386. The van der Waals surface area contributed by atoms with Crippen LogP contribution in [0, 0.1) is 5.82 Å². The number of carbonyl (C=O) groups is 3. The summed E-state index contributed by atoms with van der Waals surface area (Å²) in [5, 5.41) is 4.26. The van der Waals surface area contributed by atoms with Gasteiger partial charge >= 0.3 is 0 Å². The van der Waals surface area contributed by atoms with Gasteiger partial charge in [-0.05, 0) is 44.0 Å². The summed E-state index contributed by atoms with van der Waals surface area (Å²) in [6.07, 6.45) is -6.71. The number of piperidine rings is 1. The monoisotopic (exact) mass is 501 g/mol. The van der Waals surface area contributed by atoms with Crippen molar-refractivity contribution in [3.63, 3.8) is 0 Å². The summed E-state index contributed by atoms with van der Waals surface area (Å²) < 4.78 is 79.4. The lowest BCUT2D eigenvalue weighted by atomic mass is 10.0. The first-order chi connectivity index (χ1) is 19.9. The summed E-state index contributed by atoms with van der Waals surface area (Å²) >= 11 is 0. The molecule has 3 heterocycles. The molecule has 2 fully saturated rings. The molecule has 3 amide bonds. The number of anilines is 1. The Labute approximate surface area is 219 Å². The van der Waals surface area contributed by atoms with Gasteiger partial charge in [-0.3, -0.25) is 24.6 Å². The smallest absolute Gasteiger partial charge is 0.255 e. The van der Waals surface area contributed by atoms with Gasteiger partial charge in [0.25, 0.3) is 5.91 Å². The van der Waals surface area contributed by atoms with Crippen LogP contribution < -0.4 is 10.6 Å². The molecule has 5 rings (SSSR count). The quantitative estimate of drug-likeness (QED) is 0.592. The average molecular weight is 502 g/mol. The van der Waals surface area contributed by atoms with E-state index in [0.717, 1.165) is 0 Å². The molecule has 2 saturated heterocycles. The van der Waals surface area contributed by atoms with Crippen LogP contribution in [0.25, 0.3) is 0 Å². The van der Waals surface area contributed by atoms with E-state index in [9.17, 15) is 14.4 Å². The fraction of sp³-hybridized carbons (Fsp3) is 0.444. The zero-order chi connectivity index (χ0) is 31.7. The first kappa shape index (κ1) is 17.2. The molecule has 3 atom stereocenters. The molecular weight excluding hydrogens is 463 g/mol. The maximum Gasteiger partial charge on any atom is 0.255 e. The van der Waals surface area contributed by atoms with Gasteiger partial charge in [-0.15, -0.1) is 0 Å². The Hall–Kier alpha value is -3.30. The third-order valence-corrected chi connectivity index (χ3v) is 6.24. The second-order valence-corrected chi connectivity index (χ2v) is 9.12. The molecule has 0 aliphatic carbocycles. The molecular formula is C27H31FN4O4. The van der Waals surface area contributed by atoms with Crippen LogP contribution in [-0.4, -0.2) is 58.8 Å². The highest BCUT2D eigenvalue weighted by Gasteiger charge is 2.39. The van der Waals surface area contributed by atoms with E-state index in [1.54, 1.807) is 11.4 Å². The highest BCUT2D eigenvalue weighted by molar-refractivity contribution is 6.06. The molecule has 3 unspecified atom stereocenters. The Kier molecular flexibility index (Phi) is 4.77. The minimum atomic E-state index is -3.44. The maximum absolute atomic E-state index is 15.3. The van der Waals surface area contributed by atoms with Gasteiger partial charge in [-0.25, -0.2) is 4.39 Å². The van der Waals surface area contributed by atoms with E-state index >= 15 is 4.39 Å². The molecule has 3 aliphatic heterocycles.